The summed E-state index contributed by atoms with van der Waals surface area (Å²) in [6.07, 6.45) is 2.17. The smallest absolute Gasteiger partial charge is 0.331 e. The minimum Gasteiger partial charge on any atom is -0.478 e. The standard InChI is InChI=1S/C9H10O2S/c1-2-7(9(10)11)6-8-4-3-5-12-8/h2-5H,6H2,1H3,(H,10,11). The predicted molar refractivity (Wildman–Crippen MR) is 49.4 cm³/mol. The number of aliphatic carboxylic acids is 1. The molecule has 0 aliphatic rings. The van der Waals surface area contributed by atoms with Gasteiger partial charge in [-0.15, -0.1) is 11.3 Å². The van der Waals surface area contributed by atoms with Crippen molar-refractivity contribution < 1.29 is 9.90 Å². The van der Waals surface area contributed by atoms with Gasteiger partial charge in [0.15, 0.2) is 0 Å². The van der Waals surface area contributed by atoms with Crippen molar-refractivity contribution in [3.05, 3.63) is 34.0 Å². The molecule has 0 fully saturated rings. The Morgan fingerprint density at radius 1 is 1.75 bits per heavy atom. The molecule has 1 heterocycles. The van der Waals surface area contributed by atoms with Crippen molar-refractivity contribution in [2.24, 2.45) is 0 Å². The fraction of sp³-hybridized carbons (Fsp3) is 0.222. The fourth-order valence-electron chi connectivity index (χ4n) is 0.902. The Morgan fingerprint density at radius 2 is 2.50 bits per heavy atom. The summed E-state index contributed by atoms with van der Waals surface area (Å²) in [5, 5.41) is 10.7. The van der Waals surface area contributed by atoms with Gasteiger partial charge in [-0.05, 0) is 18.4 Å². The van der Waals surface area contributed by atoms with Crippen molar-refractivity contribution in [3.63, 3.8) is 0 Å². The van der Waals surface area contributed by atoms with E-state index in [-0.39, 0.29) is 0 Å². The SMILES string of the molecule is CC=C(Cc1cccs1)C(=O)O. The molecule has 0 aromatic carbocycles. The third-order valence-corrected chi connectivity index (χ3v) is 2.44. The van der Waals surface area contributed by atoms with Gasteiger partial charge in [0.2, 0.25) is 0 Å². The number of carboxylic acid groups (broad SMARTS) is 1. The van der Waals surface area contributed by atoms with Crippen LogP contribution in [0, 0.1) is 0 Å². The number of rotatable bonds is 3. The lowest BCUT2D eigenvalue weighted by molar-refractivity contribution is -0.132. The molecule has 1 N–H and O–H groups in total. The lowest BCUT2D eigenvalue weighted by Gasteiger charge is -1.97. The second kappa shape index (κ2) is 4.07. The van der Waals surface area contributed by atoms with Crippen molar-refractivity contribution in [1.82, 2.24) is 0 Å². The summed E-state index contributed by atoms with van der Waals surface area (Å²) in [4.78, 5) is 11.7. The number of hydrogen-bond donors (Lipinski definition) is 1. The van der Waals surface area contributed by atoms with Crippen LogP contribution in [0.4, 0.5) is 0 Å². The van der Waals surface area contributed by atoms with Gasteiger partial charge in [-0.3, -0.25) is 0 Å². The lowest BCUT2D eigenvalue weighted by atomic mass is 10.1. The van der Waals surface area contributed by atoms with Gasteiger partial charge in [0.25, 0.3) is 0 Å². The van der Waals surface area contributed by atoms with Crippen LogP contribution < -0.4 is 0 Å². The van der Waals surface area contributed by atoms with Crippen LogP contribution in [0.2, 0.25) is 0 Å². The zero-order chi connectivity index (χ0) is 8.97. The monoisotopic (exact) mass is 182 g/mol. The van der Waals surface area contributed by atoms with Crippen LogP contribution in [0.15, 0.2) is 29.2 Å². The van der Waals surface area contributed by atoms with Crippen molar-refractivity contribution >= 4 is 17.3 Å². The molecular weight excluding hydrogens is 172 g/mol. The third kappa shape index (κ3) is 2.20. The summed E-state index contributed by atoms with van der Waals surface area (Å²) < 4.78 is 0. The van der Waals surface area contributed by atoms with Crippen LogP contribution in [0.25, 0.3) is 0 Å². The van der Waals surface area contributed by atoms with Gasteiger partial charge in [-0.25, -0.2) is 4.79 Å². The first kappa shape index (κ1) is 9.00. The molecule has 0 amide bonds. The molecule has 0 atom stereocenters. The molecule has 12 heavy (non-hydrogen) atoms. The van der Waals surface area contributed by atoms with Gasteiger partial charge in [0.05, 0.1) is 0 Å². The van der Waals surface area contributed by atoms with Crippen LogP contribution in [-0.2, 0) is 11.2 Å². The second-order valence-electron chi connectivity index (χ2n) is 2.38. The summed E-state index contributed by atoms with van der Waals surface area (Å²) in [7, 11) is 0. The Kier molecular flexibility index (Phi) is 3.05. The van der Waals surface area contributed by atoms with Gasteiger partial charge < -0.3 is 5.11 Å². The van der Waals surface area contributed by atoms with E-state index in [0.29, 0.717) is 12.0 Å². The van der Waals surface area contributed by atoms with E-state index < -0.39 is 5.97 Å². The number of carboxylic acids is 1. The topological polar surface area (TPSA) is 37.3 Å². The molecule has 1 rings (SSSR count). The number of thiophene rings is 1. The third-order valence-electron chi connectivity index (χ3n) is 1.57. The average molecular weight is 182 g/mol. The Morgan fingerprint density at radius 3 is 2.92 bits per heavy atom. The zero-order valence-electron chi connectivity index (χ0n) is 6.78. The number of allylic oxidation sites excluding steroid dienone is 1. The van der Waals surface area contributed by atoms with E-state index in [1.54, 1.807) is 24.3 Å². The van der Waals surface area contributed by atoms with E-state index in [9.17, 15) is 4.79 Å². The molecule has 0 radical (unpaired) electrons. The maximum atomic E-state index is 10.6. The minimum absolute atomic E-state index is 0.456. The van der Waals surface area contributed by atoms with Crippen molar-refractivity contribution in [3.8, 4) is 0 Å². The molecule has 3 heteroatoms. The summed E-state index contributed by atoms with van der Waals surface area (Å²) in [5.74, 6) is -0.828. The van der Waals surface area contributed by atoms with E-state index in [1.165, 1.54) is 0 Å². The Labute approximate surface area is 75.2 Å². The molecule has 1 aromatic rings. The van der Waals surface area contributed by atoms with Crippen molar-refractivity contribution in [1.29, 1.82) is 0 Å². The molecule has 1 aromatic heterocycles. The molecule has 0 saturated carbocycles. The summed E-state index contributed by atoms with van der Waals surface area (Å²) in [6.45, 7) is 1.75. The van der Waals surface area contributed by atoms with Crippen LogP contribution in [0.5, 0.6) is 0 Å². The fourth-order valence-corrected chi connectivity index (χ4v) is 1.63. The molecule has 2 nitrogen and oxygen atoms in total. The molecule has 0 bridgehead atoms. The van der Waals surface area contributed by atoms with Gasteiger partial charge >= 0.3 is 5.97 Å². The van der Waals surface area contributed by atoms with Crippen LogP contribution >= 0.6 is 11.3 Å². The largest absolute Gasteiger partial charge is 0.478 e. The van der Waals surface area contributed by atoms with Crippen molar-refractivity contribution in [2.75, 3.05) is 0 Å². The normalized spacial score (nSPS) is 11.6. The van der Waals surface area contributed by atoms with Crippen LogP contribution in [0.3, 0.4) is 0 Å². The molecular formula is C9H10O2S. The maximum absolute atomic E-state index is 10.6. The quantitative estimate of drug-likeness (QED) is 0.728. The van der Waals surface area contributed by atoms with Crippen molar-refractivity contribution in [2.45, 2.75) is 13.3 Å². The molecule has 64 valence electrons. The van der Waals surface area contributed by atoms with Gasteiger partial charge in [0.1, 0.15) is 0 Å². The average Bonchev–Trinajstić information content (AvgIpc) is 2.51. The molecule has 0 unspecified atom stereocenters. The van der Waals surface area contributed by atoms with Gasteiger partial charge in [0, 0.05) is 16.9 Å². The minimum atomic E-state index is -0.828. The molecule has 0 saturated heterocycles. The summed E-state index contributed by atoms with van der Waals surface area (Å²) in [5.41, 5.74) is 0.456. The molecule has 0 aliphatic carbocycles. The summed E-state index contributed by atoms with van der Waals surface area (Å²) in [6, 6.07) is 3.87. The molecule has 0 aliphatic heterocycles. The first-order valence-electron chi connectivity index (χ1n) is 3.65. The highest BCUT2D eigenvalue weighted by atomic mass is 32.1. The Balaban J connectivity index is 2.68. The second-order valence-corrected chi connectivity index (χ2v) is 3.41. The van der Waals surface area contributed by atoms with Gasteiger partial charge in [-0.2, -0.15) is 0 Å². The highest BCUT2D eigenvalue weighted by molar-refractivity contribution is 7.09. The van der Waals surface area contributed by atoms with Crippen LogP contribution in [-0.4, -0.2) is 11.1 Å². The molecule has 0 spiro atoms. The van der Waals surface area contributed by atoms with Gasteiger partial charge in [-0.1, -0.05) is 12.1 Å². The number of hydrogen-bond acceptors (Lipinski definition) is 2. The predicted octanol–water partition coefficient (Wildman–Crippen LogP) is 2.32. The first-order valence-corrected chi connectivity index (χ1v) is 4.53. The highest BCUT2D eigenvalue weighted by Crippen LogP contribution is 2.13. The lowest BCUT2D eigenvalue weighted by Crippen LogP contribution is -2.02. The highest BCUT2D eigenvalue weighted by Gasteiger charge is 2.06. The Bertz CT molecular complexity index is 285. The van der Waals surface area contributed by atoms with E-state index in [1.807, 2.05) is 17.5 Å². The van der Waals surface area contributed by atoms with E-state index in [4.69, 9.17) is 5.11 Å². The first-order chi connectivity index (χ1) is 5.74. The van der Waals surface area contributed by atoms with E-state index >= 15 is 0 Å². The zero-order valence-corrected chi connectivity index (χ0v) is 7.60. The van der Waals surface area contributed by atoms with Crippen LogP contribution in [0.1, 0.15) is 11.8 Å². The van der Waals surface area contributed by atoms with E-state index in [0.717, 1.165) is 4.88 Å². The maximum Gasteiger partial charge on any atom is 0.331 e. The number of carbonyl (C=O) groups is 1. The van der Waals surface area contributed by atoms with E-state index in [2.05, 4.69) is 0 Å². The summed E-state index contributed by atoms with van der Waals surface area (Å²) >= 11 is 1.58. The Hall–Kier alpha value is -1.09.